The van der Waals surface area contributed by atoms with Crippen molar-refractivity contribution in [1.29, 1.82) is 0 Å². The van der Waals surface area contributed by atoms with Crippen molar-refractivity contribution in [3.05, 3.63) is 52.9 Å². The van der Waals surface area contributed by atoms with Crippen molar-refractivity contribution >= 4 is 23.5 Å². The zero-order valence-corrected chi connectivity index (χ0v) is 13.2. The van der Waals surface area contributed by atoms with Gasteiger partial charge in [0, 0.05) is 35.6 Å². The third-order valence-corrected chi connectivity index (χ3v) is 3.50. The number of nitrogens with one attached hydrogen (secondary N) is 1. The third-order valence-electron chi connectivity index (χ3n) is 3.50. The van der Waals surface area contributed by atoms with Crippen LogP contribution < -0.4 is 5.32 Å². The number of amides is 1. The lowest BCUT2D eigenvalue weighted by atomic mass is 10.1. The molecule has 0 fully saturated rings. The van der Waals surface area contributed by atoms with Crippen molar-refractivity contribution in [2.24, 2.45) is 7.05 Å². The van der Waals surface area contributed by atoms with E-state index in [1.807, 2.05) is 20.9 Å². The average Bonchev–Trinajstić information content (AvgIpc) is 2.70. The number of hydrogen-bond acceptors (Lipinski definition) is 3. The summed E-state index contributed by atoms with van der Waals surface area (Å²) in [4.78, 5) is 23.3. The number of Topliss-reactive ketones (excluding diaryl/α,β-unsaturated/α-hetero) is 1. The second-order valence-corrected chi connectivity index (χ2v) is 5.17. The van der Waals surface area contributed by atoms with Crippen LogP contribution in [-0.2, 0) is 11.8 Å². The van der Waals surface area contributed by atoms with E-state index in [0.717, 1.165) is 17.0 Å². The van der Waals surface area contributed by atoms with E-state index in [-0.39, 0.29) is 11.7 Å². The fraction of sp³-hybridized carbons (Fsp3) is 0.235. The van der Waals surface area contributed by atoms with Gasteiger partial charge in [0.15, 0.2) is 5.78 Å². The first-order valence-electron chi connectivity index (χ1n) is 6.98. The van der Waals surface area contributed by atoms with Gasteiger partial charge in [-0.15, -0.1) is 0 Å². The zero-order chi connectivity index (χ0) is 16.3. The highest BCUT2D eigenvalue weighted by Crippen LogP contribution is 2.14. The Morgan fingerprint density at radius 3 is 2.59 bits per heavy atom. The lowest BCUT2D eigenvalue weighted by molar-refractivity contribution is -0.111. The standard InChI is InChI=1S/C17H19N3O2/c1-11-16(12(2)20(4)19-11)8-9-17(22)18-15-7-5-6-14(10-15)13(3)21/h5-10H,1-4H3,(H,18,22). The maximum absolute atomic E-state index is 12.0. The summed E-state index contributed by atoms with van der Waals surface area (Å²) in [6, 6.07) is 6.87. The number of aryl methyl sites for hydroxylation is 2. The molecule has 22 heavy (non-hydrogen) atoms. The molecule has 0 aliphatic rings. The van der Waals surface area contributed by atoms with Gasteiger partial charge in [-0.1, -0.05) is 12.1 Å². The molecule has 1 N–H and O–H groups in total. The molecule has 0 bridgehead atoms. The summed E-state index contributed by atoms with van der Waals surface area (Å²) in [6.45, 7) is 5.35. The molecule has 0 saturated heterocycles. The van der Waals surface area contributed by atoms with E-state index < -0.39 is 0 Å². The molecule has 0 aliphatic carbocycles. The Morgan fingerprint density at radius 2 is 2.00 bits per heavy atom. The van der Waals surface area contributed by atoms with Gasteiger partial charge in [-0.05, 0) is 39.0 Å². The smallest absolute Gasteiger partial charge is 0.248 e. The number of hydrogen-bond donors (Lipinski definition) is 1. The van der Waals surface area contributed by atoms with Gasteiger partial charge in [-0.2, -0.15) is 5.10 Å². The lowest BCUT2D eigenvalue weighted by Gasteiger charge is -2.03. The van der Waals surface area contributed by atoms with Crippen molar-refractivity contribution in [1.82, 2.24) is 9.78 Å². The Bertz CT molecular complexity index is 757. The van der Waals surface area contributed by atoms with E-state index in [4.69, 9.17) is 0 Å². The first kappa shape index (κ1) is 15.7. The highest BCUT2D eigenvalue weighted by atomic mass is 16.1. The van der Waals surface area contributed by atoms with Crippen molar-refractivity contribution in [2.75, 3.05) is 5.32 Å². The molecule has 114 valence electrons. The summed E-state index contributed by atoms with van der Waals surface area (Å²) in [7, 11) is 1.87. The van der Waals surface area contributed by atoms with Gasteiger partial charge < -0.3 is 5.32 Å². The van der Waals surface area contributed by atoms with Gasteiger partial charge in [0.25, 0.3) is 0 Å². The molecule has 1 heterocycles. The number of carbonyl (C=O) groups is 2. The Hall–Kier alpha value is -2.69. The summed E-state index contributed by atoms with van der Waals surface area (Å²) in [6.07, 6.45) is 3.22. The molecular weight excluding hydrogens is 278 g/mol. The van der Waals surface area contributed by atoms with Gasteiger partial charge in [-0.25, -0.2) is 0 Å². The molecule has 0 atom stereocenters. The molecule has 0 spiro atoms. The van der Waals surface area contributed by atoms with E-state index in [1.54, 1.807) is 35.0 Å². The molecule has 1 aromatic carbocycles. The van der Waals surface area contributed by atoms with Gasteiger partial charge in [0.2, 0.25) is 5.91 Å². The highest BCUT2D eigenvalue weighted by molar-refractivity contribution is 6.03. The van der Waals surface area contributed by atoms with E-state index in [1.165, 1.54) is 13.0 Å². The molecule has 1 aromatic heterocycles. The molecule has 0 aliphatic heterocycles. The van der Waals surface area contributed by atoms with E-state index >= 15 is 0 Å². The first-order chi connectivity index (χ1) is 10.4. The minimum absolute atomic E-state index is 0.0340. The fourth-order valence-corrected chi connectivity index (χ4v) is 2.19. The van der Waals surface area contributed by atoms with Crippen molar-refractivity contribution in [2.45, 2.75) is 20.8 Å². The largest absolute Gasteiger partial charge is 0.322 e. The molecule has 2 rings (SSSR count). The van der Waals surface area contributed by atoms with Crippen molar-refractivity contribution in [3.63, 3.8) is 0 Å². The van der Waals surface area contributed by atoms with Crippen molar-refractivity contribution < 1.29 is 9.59 Å². The Labute approximate surface area is 129 Å². The van der Waals surface area contributed by atoms with Gasteiger partial charge >= 0.3 is 0 Å². The van der Waals surface area contributed by atoms with Crippen LogP contribution in [0.1, 0.15) is 34.2 Å². The summed E-state index contributed by atoms with van der Waals surface area (Å²) in [5, 5.41) is 7.05. The summed E-state index contributed by atoms with van der Waals surface area (Å²) < 4.78 is 1.78. The monoisotopic (exact) mass is 297 g/mol. The lowest BCUT2D eigenvalue weighted by Crippen LogP contribution is -2.08. The molecule has 2 aromatic rings. The quantitative estimate of drug-likeness (QED) is 0.697. The Morgan fingerprint density at radius 1 is 1.27 bits per heavy atom. The minimum atomic E-state index is -0.247. The van der Waals surface area contributed by atoms with Crippen LogP contribution in [0.3, 0.4) is 0 Å². The zero-order valence-electron chi connectivity index (χ0n) is 13.2. The van der Waals surface area contributed by atoms with Crippen LogP contribution in [0.2, 0.25) is 0 Å². The topological polar surface area (TPSA) is 64.0 Å². The molecule has 0 saturated carbocycles. The molecule has 0 unspecified atom stereocenters. The first-order valence-corrected chi connectivity index (χ1v) is 6.98. The average molecular weight is 297 g/mol. The maximum atomic E-state index is 12.0. The Balaban J connectivity index is 2.11. The van der Waals surface area contributed by atoms with E-state index in [9.17, 15) is 9.59 Å². The van der Waals surface area contributed by atoms with Gasteiger partial charge in [0.1, 0.15) is 0 Å². The summed E-state index contributed by atoms with van der Waals surface area (Å²) in [5.74, 6) is -0.281. The molecule has 5 heteroatoms. The number of nitrogens with zero attached hydrogens (tertiary/aromatic N) is 2. The summed E-state index contributed by atoms with van der Waals surface area (Å²) >= 11 is 0. The predicted octanol–water partition coefficient (Wildman–Crippen LogP) is 2.89. The fourth-order valence-electron chi connectivity index (χ4n) is 2.19. The van der Waals surface area contributed by atoms with Crippen LogP contribution >= 0.6 is 0 Å². The third kappa shape index (κ3) is 3.49. The van der Waals surface area contributed by atoms with Crippen LogP contribution in [0.25, 0.3) is 6.08 Å². The van der Waals surface area contributed by atoms with Crippen LogP contribution in [0.5, 0.6) is 0 Å². The molecule has 5 nitrogen and oxygen atoms in total. The number of ketones is 1. The number of carbonyl (C=O) groups excluding carboxylic acids is 2. The highest BCUT2D eigenvalue weighted by Gasteiger charge is 2.07. The van der Waals surface area contributed by atoms with Crippen LogP contribution in [0.15, 0.2) is 30.3 Å². The summed E-state index contributed by atoms with van der Waals surface area (Å²) in [5.41, 5.74) is 3.99. The molecule has 0 radical (unpaired) electrons. The second kappa shape index (κ2) is 6.39. The molecule has 1 amide bonds. The van der Waals surface area contributed by atoms with Crippen molar-refractivity contribution in [3.8, 4) is 0 Å². The van der Waals surface area contributed by atoms with E-state index in [2.05, 4.69) is 10.4 Å². The number of anilines is 1. The van der Waals surface area contributed by atoms with E-state index in [0.29, 0.717) is 11.3 Å². The number of rotatable bonds is 4. The number of aromatic nitrogens is 2. The van der Waals surface area contributed by atoms with Crippen LogP contribution in [-0.4, -0.2) is 21.5 Å². The Kier molecular flexibility index (Phi) is 4.56. The van der Waals surface area contributed by atoms with Gasteiger partial charge in [0.05, 0.1) is 5.69 Å². The van der Waals surface area contributed by atoms with Gasteiger partial charge in [-0.3, -0.25) is 14.3 Å². The normalized spacial score (nSPS) is 10.9. The second-order valence-electron chi connectivity index (χ2n) is 5.17. The minimum Gasteiger partial charge on any atom is -0.322 e. The van der Waals surface area contributed by atoms with Crippen LogP contribution in [0.4, 0.5) is 5.69 Å². The maximum Gasteiger partial charge on any atom is 0.248 e. The predicted molar refractivity (Wildman–Crippen MR) is 86.8 cm³/mol. The molecular formula is C17H19N3O2. The number of benzene rings is 1. The SMILES string of the molecule is CC(=O)c1cccc(NC(=O)C=Cc2c(C)nn(C)c2C)c1. The van der Waals surface area contributed by atoms with Crippen LogP contribution in [0, 0.1) is 13.8 Å².